The predicted octanol–water partition coefficient (Wildman–Crippen LogP) is 1.90. The number of hydrogen-bond acceptors (Lipinski definition) is 3. The number of aliphatic hydroxyl groups is 1. The minimum absolute atomic E-state index is 0.318. The van der Waals surface area contributed by atoms with Gasteiger partial charge in [0.2, 0.25) is 0 Å². The third kappa shape index (κ3) is 3.40. The van der Waals surface area contributed by atoms with E-state index in [9.17, 15) is 9.50 Å². The molecule has 0 aliphatic rings. The summed E-state index contributed by atoms with van der Waals surface area (Å²) in [4.78, 5) is 0. The van der Waals surface area contributed by atoms with Crippen molar-refractivity contribution < 1.29 is 9.50 Å². The molecule has 1 aromatic rings. The fourth-order valence-electron chi connectivity index (χ4n) is 1.16. The largest absolute Gasteiger partial charge is 0.397 e. The van der Waals surface area contributed by atoms with Crippen molar-refractivity contribution in [1.82, 2.24) is 0 Å². The van der Waals surface area contributed by atoms with Gasteiger partial charge >= 0.3 is 0 Å². The Morgan fingerprint density at radius 2 is 2.07 bits per heavy atom. The highest BCUT2D eigenvalue weighted by atomic mass is 19.1. The van der Waals surface area contributed by atoms with Crippen LogP contribution in [0, 0.1) is 12.7 Å². The van der Waals surface area contributed by atoms with Gasteiger partial charge in [0.25, 0.3) is 0 Å². The zero-order chi connectivity index (χ0) is 11.6. The zero-order valence-electron chi connectivity index (χ0n) is 9.26. The van der Waals surface area contributed by atoms with Crippen LogP contribution in [0.5, 0.6) is 0 Å². The van der Waals surface area contributed by atoms with E-state index >= 15 is 0 Å². The van der Waals surface area contributed by atoms with Crippen LogP contribution in [0.3, 0.4) is 0 Å². The van der Waals surface area contributed by atoms with Gasteiger partial charge in [-0.1, -0.05) is 0 Å². The molecule has 0 aromatic heterocycles. The fraction of sp³-hybridized carbons (Fsp3) is 0.455. The van der Waals surface area contributed by atoms with Crippen molar-refractivity contribution in [3.63, 3.8) is 0 Å². The Balaban J connectivity index is 2.82. The number of aryl methyl sites for hydroxylation is 1. The van der Waals surface area contributed by atoms with Crippen molar-refractivity contribution in [2.24, 2.45) is 0 Å². The first kappa shape index (κ1) is 11.8. The maximum Gasteiger partial charge on any atom is 0.128 e. The molecule has 1 rings (SSSR count). The summed E-state index contributed by atoms with van der Waals surface area (Å²) >= 11 is 0. The van der Waals surface area contributed by atoms with E-state index in [4.69, 9.17) is 5.73 Å². The summed E-state index contributed by atoms with van der Waals surface area (Å²) in [5, 5.41) is 12.5. The molecule has 0 bridgehead atoms. The van der Waals surface area contributed by atoms with E-state index in [1.54, 1.807) is 26.8 Å². The summed E-state index contributed by atoms with van der Waals surface area (Å²) < 4.78 is 13.1. The summed E-state index contributed by atoms with van der Waals surface area (Å²) in [5.41, 5.74) is 6.34. The molecule has 4 N–H and O–H groups in total. The average Bonchev–Trinajstić information content (AvgIpc) is 2.07. The van der Waals surface area contributed by atoms with Gasteiger partial charge in [0.05, 0.1) is 17.0 Å². The van der Waals surface area contributed by atoms with Gasteiger partial charge in [0, 0.05) is 6.54 Å². The quantitative estimate of drug-likeness (QED) is 0.671. The van der Waals surface area contributed by atoms with E-state index in [1.807, 2.05) is 0 Å². The fourth-order valence-corrected chi connectivity index (χ4v) is 1.16. The smallest absolute Gasteiger partial charge is 0.128 e. The zero-order valence-corrected chi connectivity index (χ0v) is 9.26. The van der Waals surface area contributed by atoms with Gasteiger partial charge in [0.1, 0.15) is 5.82 Å². The van der Waals surface area contributed by atoms with Gasteiger partial charge in [-0.3, -0.25) is 0 Å². The SMILES string of the molecule is Cc1cc(NCC(C)(C)O)c(N)cc1F. The Labute approximate surface area is 89.1 Å². The molecule has 0 saturated heterocycles. The first-order valence-corrected chi connectivity index (χ1v) is 4.81. The molecule has 3 nitrogen and oxygen atoms in total. The highest BCUT2D eigenvalue weighted by molar-refractivity contribution is 5.67. The maximum atomic E-state index is 13.1. The number of nitrogen functional groups attached to an aromatic ring is 1. The lowest BCUT2D eigenvalue weighted by Gasteiger charge is -2.19. The van der Waals surface area contributed by atoms with E-state index in [1.165, 1.54) is 6.07 Å². The molecule has 0 spiro atoms. The van der Waals surface area contributed by atoms with E-state index in [0.29, 0.717) is 23.5 Å². The van der Waals surface area contributed by atoms with Gasteiger partial charge in [-0.2, -0.15) is 0 Å². The van der Waals surface area contributed by atoms with Gasteiger partial charge < -0.3 is 16.2 Å². The van der Waals surface area contributed by atoms with Crippen LogP contribution in [-0.4, -0.2) is 17.3 Å². The van der Waals surface area contributed by atoms with Gasteiger partial charge in [-0.05, 0) is 38.5 Å². The third-order valence-corrected chi connectivity index (χ3v) is 2.04. The third-order valence-electron chi connectivity index (χ3n) is 2.04. The summed E-state index contributed by atoms with van der Waals surface area (Å²) in [5.74, 6) is -0.318. The van der Waals surface area contributed by atoms with Crippen LogP contribution < -0.4 is 11.1 Å². The minimum atomic E-state index is -0.825. The number of halogens is 1. The first-order chi connectivity index (χ1) is 6.79. The van der Waals surface area contributed by atoms with Crippen molar-refractivity contribution in [2.45, 2.75) is 26.4 Å². The van der Waals surface area contributed by atoms with Gasteiger partial charge in [0.15, 0.2) is 0 Å². The van der Waals surface area contributed by atoms with E-state index in [0.717, 1.165) is 0 Å². The molecule has 4 heteroatoms. The molecule has 0 radical (unpaired) electrons. The lowest BCUT2D eigenvalue weighted by molar-refractivity contribution is 0.0945. The Hall–Kier alpha value is -1.29. The first-order valence-electron chi connectivity index (χ1n) is 4.81. The minimum Gasteiger partial charge on any atom is -0.397 e. The molecule has 0 aliphatic heterocycles. The monoisotopic (exact) mass is 212 g/mol. The highest BCUT2D eigenvalue weighted by Gasteiger charge is 2.13. The summed E-state index contributed by atoms with van der Waals surface area (Å²) in [6.45, 7) is 5.41. The second-order valence-electron chi connectivity index (χ2n) is 4.35. The van der Waals surface area contributed by atoms with Gasteiger partial charge in [-0.25, -0.2) is 4.39 Å². The highest BCUT2D eigenvalue weighted by Crippen LogP contribution is 2.22. The Morgan fingerprint density at radius 1 is 1.47 bits per heavy atom. The normalized spacial score (nSPS) is 11.5. The van der Waals surface area contributed by atoms with E-state index < -0.39 is 5.60 Å². The Kier molecular flexibility index (Phi) is 3.19. The summed E-state index contributed by atoms with van der Waals surface area (Å²) in [6.07, 6.45) is 0. The van der Waals surface area contributed by atoms with Crippen molar-refractivity contribution in [3.05, 3.63) is 23.5 Å². The predicted molar refractivity (Wildman–Crippen MR) is 60.3 cm³/mol. The number of hydrogen-bond donors (Lipinski definition) is 3. The Bertz CT molecular complexity index is 358. The standard InChI is InChI=1S/C11H17FN2O/c1-7-4-10(9(13)5-8(7)12)14-6-11(2,3)15/h4-5,14-15H,6,13H2,1-3H3. The lowest BCUT2D eigenvalue weighted by Crippen LogP contribution is -2.29. The number of rotatable bonds is 3. The molecule has 84 valence electrons. The van der Waals surface area contributed by atoms with Crippen LogP contribution in [0.1, 0.15) is 19.4 Å². The molecular formula is C11H17FN2O. The lowest BCUT2D eigenvalue weighted by atomic mass is 10.1. The molecule has 0 heterocycles. The number of anilines is 2. The molecule has 0 unspecified atom stereocenters. The van der Waals surface area contributed by atoms with Crippen LogP contribution >= 0.6 is 0 Å². The van der Waals surface area contributed by atoms with Crippen molar-refractivity contribution in [2.75, 3.05) is 17.6 Å². The van der Waals surface area contributed by atoms with Crippen LogP contribution in [-0.2, 0) is 0 Å². The van der Waals surface area contributed by atoms with E-state index in [2.05, 4.69) is 5.32 Å². The van der Waals surface area contributed by atoms with E-state index in [-0.39, 0.29) is 5.82 Å². The Morgan fingerprint density at radius 3 is 2.60 bits per heavy atom. The van der Waals surface area contributed by atoms with Crippen LogP contribution in [0.4, 0.5) is 15.8 Å². The van der Waals surface area contributed by atoms with Crippen LogP contribution in [0.25, 0.3) is 0 Å². The molecule has 15 heavy (non-hydrogen) atoms. The van der Waals surface area contributed by atoms with Crippen molar-refractivity contribution >= 4 is 11.4 Å². The second-order valence-corrected chi connectivity index (χ2v) is 4.35. The molecule has 0 atom stereocenters. The average molecular weight is 212 g/mol. The number of nitrogens with two attached hydrogens (primary N) is 1. The second kappa shape index (κ2) is 4.06. The molecular weight excluding hydrogens is 195 g/mol. The molecule has 0 saturated carbocycles. The number of nitrogens with one attached hydrogen (secondary N) is 1. The van der Waals surface area contributed by atoms with Gasteiger partial charge in [-0.15, -0.1) is 0 Å². The van der Waals surface area contributed by atoms with Crippen LogP contribution in [0.2, 0.25) is 0 Å². The summed E-state index contributed by atoms with van der Waals surface area (Å²) in [7, 11) is 0. The van der Waals surface area contributed by atoms with Crippen LogP contribution in [0.15, 0.2) is 12.1 Å². The topological polar surface area (TPSA) is 58.3 Å². The summed E-state index contributed by atoms with van der Waals surface area (Å²) in [6, 6.07) is 2.92. The van der Waals surface area contributed by atoms with Crippen molar-refractivity contribution in [3.8, 4) is 0 Å². The molecule has 0 aliphatic carbocycles. The number of benzene rings is 1. The maximum absolute atomic E-state index is 13.1. The molecule has 0 fully saturated rings. The van der Waals surface area contributed by atoms with Crippen molar-refractivity contribution in [1.29, 1.82) is 0 Å². The molecule has 0 amide bonds. The molecule has 1 aromatic carbocycles.